The molecule has 1 aliphatic carbocycles. The van der Waals surface area contributed by atoms with Gasteiger partial charge >= 0.3 is 0 Å². The Kier molecular flexibility index (Phi) is 5.04. The molecule has 1 aromatic carbocycles. The van der Waals surface area contributed by atoms with Gasteiger partial charge in [0.1, 0.15) is 11.2 Å². The largest absolute Gasteiger partial charge is 0.463 e. The van der Waals surface area contributed by atoms with Crippen LogP contribution in [0.2, 0.25) is 0 Å². The fourth-order valence-corrected chi connectivity index (χ4v) is 5.51. The summed E-state index contributed by atoms with van der Waals surface area (Å²) in [5.74, 6) is 1.06. The summed E-state index contributed by atoms with van der Waals surface area (Å²) in [5, 5.41) is 3.30. The molecule has 1 atom stereocenters. The highest BCUT2D eigenvalue weighted by Crippen LogP contribution is 2.37. The Balaban J connectivity index is 1.36. The first-order chi connectivity index (χ1) is 16.5. The van der Waals surface area contributed by atoms with E-state index in [1.807, 2.05) is 35.8 Å². The van der Waals surface area contributed by atoms with Crippen molar-refractivity contribution in [2.75, 3.05) is 6.79 Å². The second kappa shape index (κ2) is 8.11. The lowest BCUT2D eigenvalue weighted by Crippen LogP contribution is -2.64. The van der Waals surface area contributed by atoms with Crippen molar-refractivity contribution in [3.05, 3.63) is 47.9 Å². The van der Waals surface area contributed by atoms with Gasteiger partial charge in [0, 0.05) is 24.7 Å². The van der Waals surface area contributed by atoms with E-state index in [4.69, 9.17) is 13.9 Å². The van der Waals surface area contributed by atoms with Crippen LogP contribution in [0.4, 0.5) is 0 Å². The molecule has 1 fully saturated rings. The molecular weight excluding hydrogens is 434 g/mol. The van der Waals surface area contributed by atoms with E-state index in [2.05, 4.69) is 5.32 Å². The summed E-state index contributed by atoms with van der Waals surface area (Å²) < 4.78 is 18.4. The molecule has 0 saturated heterocycles. The van der Waals surface area contributed by atoms with Crippen LogP contribution in [-0.2, 0) is 17.9 Å². The minimum Gasteiger partial charge on any atom is -0.463 e. The summed E-state index contributed by atoms with van der Waals surface area (Å²) in [4.78, 5) is 29.4. The van der Waals surface area contributed by atoms with Gasteiger partial charge in [0.2, 0.25) is 12.7 Å². The molecule has 0 spiro atoms. The highest BCUT2D eigenvalue weighted by atomic mass is 16.7. The molecular formula is C26H29N3O5. The maximum atomic E-state index is 13.9. The number of furan rings is 1. The highest BCUT2D eigenvalue weighted by molar-refractivity contribution is 6.02. The lowest BCUT2D eigenvalue weighted by atomic mass is 9.93. The first-order valence-corrected chi connectivity index (χ1v) is 12.1. The lowest BCUT2D eigenvalue weighted by molar-refractivity contribution is -0.134. The van der Waals surface area contributed by atoms with Gasteiger partial charge < -0.3 is 28.7 Å². The van der Waals surface area contributed by atoms with E-state index in [0.29, 0.717) is 29.3 Å². The van der Waals surface area contributed by atoms with E-state index in [0.717, 1.165) is 36.8 Å². The van der Waals surface area contributed by atoms with E-state index in [1.54, 1.807) is 17.2 Å². The monoisotopic (exact) mass is 463 g/mol. The highest BCUT2D eigenvalue weighted by Gasteiger charge is 2.48. The van der Waals surface area contributed by atoms with Gasteiger partial charge in [-0.25, -0.2) is 0 Å². The van der Waals surface area contributed by atoms with Crippen molar-refractivity contribution < 1.29 is 23.5 Å². The number of hydrogen-bond acceptors (Lipinski definition) is 5. The fraction of sp³-hybridized carbons (Fsp3) is 0.462. The topological polar surface area (TPSA) is 85.9 Å². The predicted molar refractivity (Wildman–Crippen MR) is 125 cm³/mol. The van der Waals surface area contributed by atoms with E-state index < -0.39 is 5.54 Å². The van der Waals surface area contributed by atoms with Gasteiger partial charge in [0.05, 0.1) is 18.3 Å². The molecule has 6 rings (SSSR count). The minimum atomic E-state index is -1.06. The number of rotatable bonds is 4. The number of nitrogens with one attached hydrogen (secondary N) is 1. The van der Waals surface area contributed by atoms with Gasteiger partial charge in [-0.15, -0.1) is 0 Å². The molecule has 8 heteroatoms. The Morgan fingerprint density at radius 2 is 1.88 bits per heavy atom. The van der Waals surface area contributed by atoms with Crippen molar-refractivity contribution in [2.45, 2.75) is 70.1 Å². The summed E-state index contributed by atoms with van der Waals surface area (Å²) in [7, 11) is 0. The molecule has 2 amide bonds. The Morgan fingerprint density at radius 1 is 1.09 bits per heavy atom. The predicted octanol–water partition coefficient (Wildman–Crippen LogP) is 4.22. The zero-order valence-electron chi connectivity index (χ0n) is 19.3. The number of amides is 2. The number of hydrogen-bond donors (Lipinski definition) is 1. The average Bonchev–Trinajstić information content (AvgIpc) is 3.50. The molecule has 1 saturated carbocycles. The van der Waals surface area contributed by atoms with Crippen LogP contribution in [0.3, 0.4) is 0 Å². The normalized spacial score (nSPS) is 22.6. The molecule has 0 unspecified atom stereocenters. The maximum Gasteiger partial charge on any atom is 0.271 e. The SMILES string of the molecule is C[C@@]1(C(=O)NC2CCCCCC2)Cn2c(cc3occc32)C(=O)N1Cc1ccc2c(c1)OCO2. The third-order valence-corrected chi connectivity index (χ3v) is 7.51. The number of fused-ring (bicyclic) bond motifs is 4. The van der Waals surface area contributed by atoms with Crippen LogP contribution in [0.15, 0.2) is 41.0 Å². The molecule has 1 N–H and O–H groups in total. The molecule has 3 aromatic rings. The van der Waals surface area contributed by atoms with Crippen LogP contribution in [-0.4, -0.2) is 39.7 Å². The molecule has 4 heterocycles. The lowest BCUT2D eigenvalue weighted by Gasteiger charge is -2.44. The summed E-state index contributed by atoms with van der Waals surface area (Å²) in [5.41, 5.74) is 1.85. The van der Waals surface area contributed by atoms with Gasteiger partial charge in [-0.2, -0.15) is 0 Å². The number of nitrogens with zero attached hydrogens (tertiary/aromatic N) is 2. The second-order valence-corrected chi connectivity index (χ2v) is 9.80. The van der Waals surface area contributed by atoms with E-state index in [1.165, 1.54) is 12.8 Å². The van der Waals surface area contributed by atoms with Crippen molar-refractivity contribution in [2.24, 2.45) is 0 Å². The standard InChI is InChI=1S/C26H29N3O5/c1-26(25(31)27-18-6-4-2-3-5-7-18)15-28-19-10-11-32-22(19)13-20(28)24(30)29(26)14-17-8-9-21-23(12-17)34-16-33-21/h8-13,18H,2-7,14-16H2,1H3,(H,27,31)/t26-/m0/s1. The molecule has 0 bridgehead atoms. The molecule has 2 aliphatic heterocycles. The Hall–Kier alpha value is -3.42. The van der Waals surface area contributed by atoms with Crippen LogP contribution in [0.1, 0.15) is 61.5 Å². The minimum absolute atomic E-state index is 0.107. The Morgan fingerprint density at radius 3 is 2.71 bits per heavy atom. The van der Waals surface area contributed by atoms with Crippen LogP contribution in [0.25, 0.3) is 11.1 Å². The zero-order chi connectivity index (χ0) is 23.3. The maximum absolute atomic E-state index is 13.9. The smallest absolute Gasteiger partial charge is 0.271 e. The van der Waals surface area contributed by atoms with Gasteiger partial charge in [-0.1, -0.05) is 31.7 Å². The molecule has 2 aromatic heterocycles. The Bertz CT molecular complexity index is 1250. The quantitative estimate of drug-likeness (QED) is 0.586. The van der Waals surface area contributed by atoms with Gasteiger partial charge in [-0.3, -0.25) is 9.59 Å². The van der Waals surface area contributed by atoms with Crippen molar-refractivity contribution >= 4 is 22.9 Å². The van der Waals surface area contributed by atoms with Crippen LogP contribution < -0.4 is 14.8 Å². The average molecular weight is 464 g/mol. The zero-order valence-corrected chi connectivity index (χ0v) is 19.3. The van der Waals surface area contributed by atoms with Gasteiger partial charge in [-0.05, 0) is 37.5 Å². The van der Waals surface area contributed by atoms with E-state index in [-0.39, 0.29) is 31.2 Å². The molecule has 0 radical (unpaired) electrons. The summed E-state index contributed by atoms with van der Waals surface area (Å²) in [6.07, 6.45) is 8.26. The number of benzene rings is 1. The molecule has 178 valence electrons. The number of carbonyl (C=O) groups excluding carboxylic acids is 2. The number of aromatic nitrogens is 1. The first-order valence-electron chi connectivity index (χ1n) is 12.1. The summed E-state index contributed by atoms with van der Waals surface area (Å²) in [6.45, 7) is 2.71. The van der Waals surface area contributed by atoms with Crippen LogP contribution >= 0.6 is 0 Å². The van der Waals surface area contributed by atoms with Crippen LogP contribution in [0, 0.1) is 0 Å². The van der Waals surface area contributed by atoms with E-state index in [9.17, 15) is 9.59 Å². The number of ether oxygens (including phenoxy) is 2. The molecule has 3 aliphatic rings. The molecule has 34 heavy (non-hydrogen) atoms. The van der Waals surface area contributed by atoms with Crippen molar-refractivity contribution in [3.63, 3.8) is 0 Å². The second-order valence-electron chi connectivity index (χ2n) is 9.80. The summed E-state index contributed by atoms with van der Waals surface area (Å²) >= 11 is 0. The van der Waals surface area contributed by atoms with Crippen molar-refractivity contribution in [1.29, 1.82) is 0 Å². The third-order valence-electron chi connectivity index (χ3n) is 7.51. The van der Waals surface area contributed by atoms with Crippen LogP contribution in [0.5, 0.6) is 11.5 Å². The summed E-state index contributed by atoms with van der Waals surface area (Å²) in [6, 6.07) is 9.43. The van der Waals surface area contributed by atoms with Gasteiger partial charge in [0.15, 0.2) is 17.1 Å². The first kappa shape index (κ1) is 21.1. The third kappa shape index (κ3) is 3.43. The number of carbonyl (C=O) groups is 2. The fourth-order valence-electron chi connectivity index (χ4n) is 5.51. The van der Waals surface area contributed by atoms with Crippen molar-refractivity contribution in [3.8, 4) is 11.5 Å². The van der Waals surface area contributed by atoms with Crippen molar-refractivity contribution in [1.82, 2.24) is 14.8 Å². The van der Waals surface area contributed by atoms with E-state index >= 15 is 0 Å². The molecule has 8 nitrogen and oxygen atoms in total. The Labute approximate surface area is 197 Å². The van der Waals surface area contributed by atoms with Gasteiger partial charge in [0.25, 0.3) is 5.91 Å².